The number of sulfone groups is 1. The number of nitrogens with zero attached hydrogens (tertiary/aromatic N) is 2. The highest BCUT2D eigenvalue weighted by molar-refractivity contribution is 7.92. The molecule has 3 aromatic rings. The Labute approximate surface area is 205 Å². The maximum Gasteiger partial charge on any atom is 0.407 e. The summed E-state index contributed by atoms with van der Waals surface area (Å²) >= 11 is 0. The van der Waals surface area contributed by atoms with Gasteiger partial charge in [0.1, 0.15) is 19.0 Å². The van der Waals surface area contributed by atoms with Crippen LogP contribution >= 0.6 is 0 Å². The van der Waals surface area contributed by atoms with Crippen molar-refractivity contribution in [3.63, 3.8) is 0 Å². The molecule has 192 valence electrons. The lowest BCUT2D eigenvalue weighted by atomic mass is 10.3. The number of aliphatic carboxylic acids is 1. The lowest BCUT2D eigenvalue weighted by Gasteiger charge is -2.09. The van der Waals surface area contributed by atoms with E-state index >= 15 is 0 Å². The number of hydrogen-bond acceptors (Lipinski definition) is 8. The number of imidazole rings is 1. The highest BCUT2D eigenvalue weighted by Crippen LogP contribution is 2.25. The maximum absolute atomic E-state index is 13.1. The molecule has 2 aromatic carbocycles. The maximum atomic E-state index is 13.1. The van der Waals surface area contributed by atoms with Gasteiger partial charge in [-0.1, -0.05) is 12.7 Å². The summed E-state index contributed by atoms with van der Waals surface area (Å²) in [7, 11) is -8.28. The summed E-state index contributed by atoms with van der Waals surface area (Å²) < 4.78 is 72.0. The number of ether oxygens (including phenoxy) is 1. The SMILES string of the molecule is C=CCOC(=O)NCCS(=O)(=O)c1nc2cc(NS(=O)(=O)c3ccc(F)cc3)ccc2n1CC(=O)O. The Hall–Kier alpha value is -3.98. The van der Waals surface area contributed by atoms with Crippen LogP contribution in [0.5, 0.6) is 0 Å². The number of carbonyl (C=O) groups excluding carboxylic acids is 1. The molecule has 0 aliphatic heterocycles. The van der Waals surface area contributed by atoms with Crippen LogP contribution in [0.2, 0.25) is 0 Å². The van der Waals surface area contributed by atoms with Gasteiger partial charge in [-0.2, -0.15) is 0 Å². The molecule has 0 aliphatic rings. The fraction of sp³-hybridized carbons (Fsp3) is 0.190. The van der Waals surface area contributed by atoms with Gasteiger partial charge in [0.15, 0.2) is 0 Å². The molecule has 1 amide bonds. The first-order valence-corrected chi connectivity index (χ1v) is 13.3. The molecule has 36 heavy (non-hydrogen) atoms. The van der Waals surface area contributed by atoms with E-state index in [1.54, 1.807) is 0 Å². The number of halogens is 1. The molecule has 3 rings (SSSR count). The first kappa shape index (κ1) is 26.6. The van der Waals surface area contributed by atoms with Gasteiger partial charge < -0.3 is 19.7 Å². The van der Waals surface area contributed by atoms with Crippen molar-refractivity contribution in [3.05, 3.63) is 60.9 Å². The standard InChI is InChI=1S/C21H21FN4O8S2/c1-2-10-34-21(29)23-9-11-35(30,31)20-24-17-12-15(5-8-18(17)26(20)13-19(27)28)25-36(32,33)16-6-3-14(22)4-7-16/h2-8,12,25H,1,9-11,13H2,(H,23,29)(H,27,28). The molecule has 0 radical (unpaired) electrons. The quantitative estimate of drug-likeness (QED) is 0.306. The van der Waals surface area contributed by atoms with Crippen molar-refractivity contribution in [3.8, 4) is 0 Å². The average Bonchev–Trinajstić information content (AvgIpc) is 3.15. The Kier molecular flexibility index (Phi) is 7.94. The number of carboxylic acids is 1. The van der Waals surface area contributed by atoms with Gasteiger partial charge in [0, 0.05) is 6.54 Å². The second-order valence-electron chi connectivity index (χ2n) is 7.27. The largest absolute Gasteiger partial charge is 0.480 e. The third kappa shape index (κ3) is 6.37. The number of fused-ring (bicyclic) bond motifs is 1. The second-order valence-corrected chi connectivity index (χ2v) is 11.0. The van der Waals surface area contributed by atoms with Crippen molar-refractivity contribution in [2.24, 2.45) is 0 Å². The number of carboxylic acid groups (broad SMARTS) is 1. The number of aromatic nitrogens is 2. The summed E-state index contributed by atoms with van der Waals surface area (Å²) in [6, 6.07) is 7.97. The number of nitrogens with one attached hydrogen (secondary N) is 2. The third-order valence-corrected chi connectivity index (χ3v) is 7.64. The van der Waals surface area contributed by atoms with Crippen LogP contribution < -0.4 is 10.0 Å². The van der Waals surface area contributed by atoms with Gasteiger partial charge in [-0.25, -0.2) is 31.0 Å². The van der Waals surface area contributed by atoms with Crippen LogP contribution in [0.15, 0.2) is 65.2 Å². The summed E-state index contributed by atoms with van der Waals surface area (Å²) in [6.07, 6.45) is 0.473. The number of alkyl carbamates (subject to hydrolysis) is 1. The number of anilines is 1. The van der Waals surface area contributed by atoms with Gasteiger partial charge in [-0.15, -0.1) is 0 Å². The van der Waals surface area contributed by atoms with Crippen LogP contribution in [0.1, 0.15) is 0 Å². The van der Waals surface area contributed by atoms with Crippen LogP contribution in [-0.4, -0.2) is 62.5 Å². The van der Waals surface area contributed by atoms with E-state index in [0.717, 1.165) is 28.8 Å². The Bertz CT molecular complexity index is 1520. The molecule has 1 aromatic heterocycles. The lowest BCUT2D eigenvalue weighted by Crippen LogP contribution is -2.30. The summed E-state index contributed by atoms with van der Waals surface area (Å²) in [6.45, 7) is 2.24. The predicted molar refractivity (Wildman–Crippen MR) is 126 cm³/mol. The van der Waals surface area contributed by atoms with E-state index in [9.17, 15) is 35.9 Å². The van der Waals surface area contributed by atoms with Crippen LogP contribution in [0.4, 0.5) is 14.9 Å². The number of benzene rings is 2. The minimum atomic E-state index is -4.19. The zero-order chi connectivity index (χ0) is 26.5. The van der Waals surface area contributed by atoms with Crippen molar-refractivity contribution >= 4 is 48.6 Å². The smallest absolute Gasteiger partial charge is 0.407 e. The number of sulfonamides is 1. The second kappa shape index (κ2) is 10.7. The minimum absolute atomic E-state index is 0.00693. The number of hydrogen-bond donors (Lipinski definition) is 3. The molecule has 15 heteroatoms. The Morgan fingerprint density at radius 3 is 2.47 bits per heavy atom. The first-order chi connectivity index (χ1) is 16.9. The van der Waals surface area contributed by atoms with E-state index in [0.29, 0.717) is 0 Å². The van der Waals surface area contributed by atoms with Crippen molar-refractivity contribution in [2.45, 2.75) is 16.6 Å². The molecule has 0 fully saturated rings. The molecule has 0 unspecified atom stereocenters. The monoisotopic (exact) mass is 540 g/mol. The van der Waals surface area contributed by atoms with Crippen molar-refractivity contribution in [1.29, 1.82) is 0 Å². The Balaban J connectivity index is 1.91. The van der Waals surface area contributed by atoms with Crippen molar-refractivity contribution in [1.82, 2.24) is 14.9 Å². The van der Waals surface area contributed by atoms with Gasteiger partial charge in [0.2, 0.25) is 15.0 Å². The highest BCUT2D eigenvalue weighted by atomic mass is 32.2. The van der Waals surface area contributed by atoms with E-state index in [4.69, 9.17) is 4.74 Å². The van der Waals surface area contributed by atoms with Gasteiger partial charge >= 0.3 is 12.1 Å². The van der Waals surface area contributed by atoms with Gasteiger partial charge in [0.05, 0.1) is 27.4 Å². The number of rotatable bonds is 11. The van der Waals surface area contributed by atoms with E-state index < -0.39 is 55.2 Å². The fourth-order valence-corrected chi connectivity index (χ4v) is 5.43. The summed E-state index contributed by atoms with van der Waals surface area (Å²) in [5.74, 6) is -2.56. The zero-order valence-electron chi connectivity index (χ0n) is 18.5. The molecule has 12 nitrogen and oxygen atoms in total. The topological polar surface area (TPSA) is 174 Å². The normalized spacial score (nSPS) is 11.7. The molecule has 0 spiro atoms. The fourth-order valence-electron chi connectivity index (χ4n) is 3.09. The zero-order valence-corrected chi connectivity index (χ0v) is 20.2. The van der Waals surface area contributed by atoms with Crippen LogP contribution in [0.3, 0.4) is 0 Å². The summed E-state index contributed by atoms with van der Waals surface area (Å²) in [5, 5.41) is 11.0. The minimum Gasteiger partial charge on any atom is -0.480 e. The first-order valence-electron chi connectivity index (χ1n) is 10.2. The van der Waals surface area contributed by atoms with Crippen molar-refractivity contribution in [2.75, 3.05) is 23.6 Å². The summed E-state index contributed by atoms with van der Waals surface area (Å²) in [4.78, 5) is 26.7. The molecule has 0 saturated carbocycles. The van der Waals surface area contributed by atoms with Crippen LogP contribution in [0, 0.1) is 5.82 Å². The molecule has 3 N–H and O–H groups in total. The van der Waals surface area contributed by atoms with Gasteiger partial charge in [0.25, 0.3) is 10.0 Å². The van der Waals surface area contributed by atoms with Crippen molar-refractivity contribution < 1.29 is 40.7 Å². The Morgan fingerprint density at radius 2 is 1.83 bits per heavy atom. The average molecular weight is 541 g/mol. The van der Waals surface area contributed by atoms with Gasteiger partial charge in [-0.05, 0) is 42.5 Å². The van der Waals surface area contributed by atoms with E-state index in [-0.39, 0.29) is 34.8 Å². The lowest BCUT2D eigenvalue weighted by molar-refractivity contribution is -0.137. The third-order valence-electron chi connectivity index (χ3n) is 4.63. The van der Waals surface area contributed by atoms with E-state index in [1.165, 1.54) is 24.3 Å². The molecule has 0 saturated heterocycles. The van der Waals surface area contributed by atoms with E-state index in [1.807, 2.05) is 0 Å². The predicted octanol–water partition coefficient (Wildman–Crippen LogP) is 1.75. The van der Waals surface area contributed by atoms with E-state index in [2.05, 4.69) is 21.6 Å². The summed E-state index contributed by atoms with van der Waals surface area (Å²) in [5.41, 5.74) is 0.147. The van der Waals surface area contributed by atoms with Gasteiger partial charge in [-0.3, -0.25) is 9.52 Å². The number of carbonyl (C=O) groups is 2. The highest BCUT2D eigenvalue weighted by Gasteiger charge is 2.26. The molecule has 0 atom stereocenters. The Morgan fingerprint density at radius 1 is 1.14 bits per heavy atom. The molecule has 0 aliphatic carbocycles. The molecular weight excluding hydrogens is 519 g/mol. The van der Waals surface area contributed by atoms with Crippen LogP contribution in [-0.2, 0) is 35.9 Å². The molecular formula is C21H21FN4O8S2. The molecule has 0 bridgehead atoms. The number of amides is 1. The molecule has 1 heterocycles. The van der Waals surface area contributed by atoms with Crippen LogP contribution in [0.25, 0.3) is 11.0 Å².